The third kappa shape index (κ3) is 3.75. The topological polar surface area (TPSA) is 20.2 Å². The van der Waals surface area contributed by atoms with E-state index >= 15 is 0 Å². The average molecular weight is 363 g/mol. The van der Waals surface area contributed by atoms with Crippen LogP contribution in [0.15, 0.2) is 42.5 Å². The predicted molar refractivity (Wildman–Crippen MR) is 117 cm³/mol. The molecule has 2 aromatic carbocycles. The van der Waals surface area contributed by atoms with Gasteiger partial charge in [-0.05, 0) is 64.0 Å². The molecule has 0 saturated carbocycles. The summed E-state index contributed by atoms with van der Waals surface area (Å²) in [4.78, 5) is 0. The van der Waals surface area contributed by atoms with Gasteiger partial charge in [-0.15, -0.1) is 0 Å². The summed E-state index contributed by atoms with van der Waals surface area (Å²) in [5.74, 6) is 0.315. The van der Waals surface area contributed by atoms with Gasteiger partial charge in [0.15, 0.2) is 0 Å². The fourth-order valence-electron chi connectivity index (χ4n) is 4.61. The summed E-state index contributed by atoms with van der Waals surface area (Å²) in [6, 6.07) is 13.5. The van der Waals surface area contributed by atoms with E-state index in [1.807, 2.05) is 12.2 Å². The third-order valence-corrected chi connectivity index (χ3v) is 6.57. The van der Waals surface area contributed by atoms with Gasteiger partial charge in [-0.1, -0.05) is 83.2 Å². The molecule has 1 aliphatic rings. The Hall–Kier alpha value is -1.86. The van der Waals surface area contributed by atoms with Gasteiger partial charge in [-0.3, -0.25) is 0 Å². The quantitative estimate of drug-likeness (QED) is 0.658. The Balaban J connectivity index is 2.13. The van der Waals surface area contributed by atoms with E-state index in [4.69, 9.17) is 0 Å². The third-order valence-electron chi connectivity index (χ3n) is 6.57. The van der Waals surface area contributed by atoms with Crippen molar-refractivity contribution in [3.8, 4) is 0 Å². The van der Waals surface area contributed by atoms with E-state index in [2.05, 4.69) is 77.9 Å². The first-order valence-corrected chi connectivity index (χ1v) is 10.2. The van der Waals surface area contributed by atoms with Crippen LogP contribution in [-0.4, -0.2) is 11.7 Å². The van der Waals surface area contributed by atoms with Gasteiger partial charge >= 0.3 is 0 Å². The molecular formula is C26H34O. The monoisotopic (exact) mass is 362 g/mol. The molecule has 3 rings (SSSR count). The minimum atomic E-state index is 0.0733. The van der Waals surface area contributed by atoms with Crippen molar-refractivity contribution in [1.29, 1.82) is 0 Å². The molecule has 0 amide bonds. The molecule has 2 aromatic rings. The number of aliphatic hydroxyl groups is 1. The second kappa shape index (κ2) is 7.28. The van der Waals surface area contributed by atoms with Crippen LogP contribution in [0.5, 0.6) is 0 Å². The number of hydrogen-bond acceptors (Lipinski definition) is 1. The van der Waals surface area contributed by atoms with E-state index in [0.29, 0.717) is 5.92 Å². The molecule has 27 heavy (non-hydrogen) atoms. The lowest BCUT2D eigenvalue weighted by atomic mass is 9.62. The lowest BCUT2D eigenvalue weighted by Crippen LogP contribution is -2.34. The van der Waals surface area contributed by atoms with Gasteiger partial charge in [0.1, 0.15) is 0 Å². The van der Waals surface area contributed by atoms with E-state index in [0.717, 1.165) is 0 Å². The molecule has 1 heteroatoms. The van der Waals surface area contributed by atoms with E-state index < -0.39 is 0 Å². The minimum absolute atomic E-state index is 0.0733. The standard InChI is InChI=1S/C26H34O/c1-18-16-23-24(26(5,6)14-13-25(23,3)4)17-22(18)19(2)21-12-8-7-10-20(21)11-9-15-27/h7-12,16-17,19,27H,13-15H2,1-6H3/b11-9+. The lowest BCUT2D eigenvalue weighted by molar-refractivity contribution is 0.331. The fraction of sp³-hybridized carbons (Fsp3) is 0.462. The van der Waals surface area contributed by atoms with Gasteiger partial charge in [0.05, 0.1) is 6.61 Å². The number of rotatable bonds is 4. The largest absolute Gasteiger partial charge is 0.392 e. The molecule has 0 fully saturated rings. The van der Waals surface area contributed by atoms with Crippen LogP contribution in [-0.2, 0) is 10.8 Å². The summed E-state index contributed by atoms with van der Waals surface area (Å²) < 4.78 is 0. The summed E-state index contributed by atoms with van der Waals surface area (Å²) in [5.41, 5.74) is 8.84. The van der Waals surface area contributed by atoms with Gasteiger partial charge < -0.3 is 5.11 Å². The highest BCUT2D eigenvalue weighted by atomic mass is 16.2. The van der Waals surface area contributed by atoms with Crippen molar-refractivity contribution < 1.29 is 5.11 Å². The first-order valence-electron chi connectivity index (χ1n) is 10.2. The maximum Gasteiger partial charge on any atom is 0.0615 e. The Kier molecular flexibility index (Phi) is 5.36. The number of fused-ring (bicyclic) bond motifs is 1. The van der Waals surface area contributed by atoms with Crippen LogP contribution in [0.3, 0.4) is 0 Å². The molecule has 0 heterocycles. The van der Waals surface area contributed by atoms with Crippen LogP contribution in [0.4, 0.5) is 0 Å². The first kappa shape index (κ1) is 19.9. The molecule has 1 N–H and O–H groups in total. The molecule has 0 bridgehead atoms. The molecule has 1 nitrogen and oxygen atoms in total. The van der Waals surface area contributed by atoms with Crippen LogP contribution in [0.1, 0.15) is 86.8 Å². The van der Waals surface area contributed by atoms with Crippen LogP contribution < -0.4 is 0 Å². The number of benzene rings is 2. The summed E-state index contributed by atoms with van der Waals surface area (Å²) >= 11 is 0. The van der Waals surface area contributed by atoms with Gasteiger partial charge in [0.25, 0.3) is 0 Å². The molecule has 1 unspecified atom stereocenters. The van der Waals surface area contributed by atoms with Crippen LogP contribution in [0.2, 0.25) is 0 Å². The van der Waals surface area contributed by atoms with Crippen LogP contribution >= 0.6 is 0 Å². The van der Waals surface area contributed by atoms with Crippen molar-refractivity contribution in [3.63, 3.8) is 0 Å². The van der Waals surface area contributed by atoms with E-state index in [-0.39, 0.29) is 17.4 Å². The van der Waals surface area contributed by atoms with Crippen molar-refractivity contribution in [2.45, 2.75) is 71.1 Å². The maximum absolute atomic E-state index is 9.17. The van der Waals surface area contributed by atoms with Crippen molar-refractivity contribution in [2.75, 3.05) is 6.61 Å². The van der Waals surface area contributed by atoms with Gasteiger partial charge in [0, 0.05) is 5.92 Å². The van der Waals surface area contributed by atoms with Gasteiger partial charge in [-0.25, -0.2) is 0 Å². The average Bonchev–Trinajstić information content (AvgIpc) is 2.63. The molecule has 0 aromatic heterocycles. The van der Waals surface area contributed by atoms with Crippen LogP contribution in [0.25, 0.3) is 6.08 Å². The van der Waals surface area contributed by atoms with Gasteiger partial charge in [-0.2, -0.15) is 0 Å². The molecule has 0 aliphatic heterocycles. The number of aryl methyl sites for hydroxylation is 1. The zero-order chi connectivity index (χ0) is 19.8. The normalized spacial score (nSPS) is 19.1. The smallest absolute Gasteiger partial charge is 0.0615 e. The van der Waals surface area contributed by atoms with Crippen molar-refractivity contribution in [1.82, 2.24) is 0 Å². The summed E-state index contributed by atoms with van der Waals surface area (Å²) in [7, 11) is 0. The zero-order valence-corrected chi connectivity index (χ0v) is 17.8. The van der Waals surface area contributed by atoms with Crippen LogP contribution in [0, 0.1) is 6.92 Å². The van der Waals surface area contributed by atoms with Crippen molar-refractivity contribution in [3.05, 3.63) is 75.9 Å². The Bertz CT molecular complexity index is 855. The Morgan fingerprint density at radius 1 is 0.963 bits per heavy atom. The van der Waals surface area contributed by atoms with Gasteiger partial charge in [0.2, 0.25) is 0 Å². The molecule has 0 saturated heterocycles. The zero-order valence-electron chi connectivity index (χ0n) is 17.8. The Labute approximate surface area is 165 Å². The first-order chi connectivity index (χ1) is 12.7. The molecule has 0 spiro atoms. The minimum Gasteiger partial charge on any atom is -0.392 e. The van der Waals surface area contributed by atoms with E-state index in [9.17, 15) is 5.11 Å². The highest BCUT2D eigenvalue weighted by Gasteiger charge is 2.37. The van der Waals surface area contributed by atoms with Crippen molar-refractivity contribution in [2.24, 2.45) is 0 Å². The highest BCUT2D eigenvalue weighted by Crippen LogP contribution is 2.47. The summed E-state index contributed by atoms with van der Waals surface area (Å²) in [6.07, 6.45) is 6.33. The summed E-state index contributed by atoms with van der Waals surface area (Å²) in [6.45, 7) is 14.2. The molecule has 1 atom stereocenters. The SMILES string of the molecule is Cc1cc2c(cc1C(C)c1ccccc1/C=C/CO)C(C)(C)CCC2(C)C. The Morgan fingerprint density at radius 3 is 2.19 bits per heavy atom. The molecule has 144 valence electrons. The number of hydrogen-bond donors (Lipinski definition) is 1. The van der Waals surface area contributed by atoms with E-state index in [1.165, 1.54) is 46.2 Å². The lowest BCUT2D eigenvalue weighted by Gasteiger charge is -2.42. The second-order valence-electron chi connectivity index (χ2n) is 9.46. The maximum atomic E-state index is 9.17. The molecule has 1 aliphatic carbocycles. The Morgan fingerprint density at radius 2 is 1.56 bits per heavy atom. The van der Waals surface area contributed by atoms with Crippen molar-refractivity contribution >= 4 is 6.08 Å². The summed E-state index contributed by atoms with van der Waals surface area (Å²) in [5, 5.41) is 9.17. The predicted octanol–water partition coefficient (Wildman–Crippen LogP) is 6.50. The molecule has 0 radical (unpaired) electrons. The number of aliphatic hydroxyl groups excluding tert-OH is 1. The highest BCUT2D eigenvalue weighted by molar-refractivity contribution is 5.58. The fourth-order valence-corrected chi connectivity index (χ4v) is 4.61. The second-order valence-corrected chi connectivity index (χ2v) is 9.46. The molecular weight excluding hydrogens is 328 g/mol. The van der Waals surface area contributed by atoms with E-state index in [1.54, 1.807) is 0 Å².